The molecule has 0 aliphatic heterocycles. The van der Waals surface area contributed by atoms with Gasteiger partial charge in [-0.2, -0.15) is 15.6 Å². The van der Waals surface area contributed by atoms with Gasteiger partial charge >= 0.3 is 0 Å². The summed E-state index contributed by atoms with van der Waals surface area (Å²) in [4.78, 5) is 16.7. The molecule has 0 aliphatic rings. The lowest BCUT2D eigenvalue weighted by atomic mass is 10.0. The number of ether oxygens (including phenoxy) is 1. The molecule has 6 heterocycles. The lowest BCUT2D eigenvalue weighted by Crippen LogP contribution is -1.98. The minimum atomic E-state index is 0.460. The fourth-order valence-electron chi connectivity index (χ4n) is 11.1. The molecule has 9 aromatic carbocycles. The topological polar surface area (TPSA) is 211 Å². The van der Waals surface area contributed by atoms with Gasteiger partial charge in [0, 0.05) is 37.5 Å². The van der Waals surface area contributed by atoms with Gasteiger partial charge in [-0.05, 0) is 195 Å². The van der Waals surface area contributed by atoms with Crippen LogP contribution in [0.3, 0.4) is 0 Å². The van der Waals surface area contributed by atoms with Gasteiger partial charge in [0.25, 0.3) is 0 Å². The molecule has 18 heteroatoms. The first kappa shape index (κ1) is 65.8. The van der Waals surface area contributed by atoms with Crippen LogP contribution in [0.1, 0.15) is 91.0 Å². The third kappa shape index (κ3) is 20.1. The first-order valence-corrected chi connectivity index (χ1v) is 34.6. The third-order valence-electron chi connectivity index (χ3n) is 16.1. The van der Waals surface area contributed by atoms with Crippen LogP contribution in [0.4, 0.5) is 0 Å². The summed E-state index contributed by atoms with van der Waals surface area (Å²) in [7, 11) is 0. The predicted octanol–water partition coefficient (Wildman–Crippen LogP) is 17.5. The molecule has 0 amide bonds. The molecule has 0 unspecified atom stereocenters. The Labute approximate surface area is 582 Å². The van der Waals surface area contributed by atoms with E-state index in [9.17, 15) is 0 Å². The van der Waals surface area contributed by atoms with Crippen molar-refractivity contribution >= 4 is 92.7 Å². The highest BCUT2D eigenvalue weighted by atomic mass is 32.2. The van der Waals surface area contributed by atoms with Crippen LogP contribution < -0.4 is 4.74 Å². The predicted molar refractivity (Wildman–Crippen MR) is 399 cm³/mol. The van der Waals surface area contributed by atoms with E-state index in [0.717, 1.165) is 111 Å². The van der Waals surface area contributed by atoms with Crippen LogP contribution >= 0.6 is 23.5 Å². The van der Waals surface area contributed by atoms with E-state index in [-0.39, 0.29) is 0 Å². The van der Waals surface area contributed by atoms with E-state index in [1.165, 1.54) is 53.9 Å². The molecule has 0 saturated heterocycles. The van der Waals surface area contributed by atoms with Gasteiger partial charge in [0.15, 0.2) is 17.5 Å². The van der Waals surface area contributed by atoms with Crippen molar-refractivity contribution in [3.63, 3.8) is 0 Å². The van der Waals surface area contributed by atoms with Gasteiger partial charge in [-0.25, -0.2) is 4.98 Å². The molecule has 6 aromatic heterocycles. The minimum absolute atomic E-state index is 0.460. The average molecular weight is 1330 g/mol. The van der Waals surface area contributed by atoms with Gasteiger partial charge in [-0.3, -0.25) is 9.97 Å². The molecule has 3 N–H and O–H groups in total. The maximum absolute atomic E-state index is 5.95. The molecule has 15 aromatic rings. The lowest BCUT2D eigenvalue weighted by Gasteiger charge is -2.08. The van der Waals surface area contributed by atoms with Crippen molar-refractivity contribution in [2.45, 2.75) is 66.4 Å². The number of aryl methyl sites for hydroxylation is 4. The number of hydrogen-bond acceptors (Lipinski definition) is 15. The Bertz CT molecular complexity index is 5120. The van der Waals surface area contributed by atoms with E-state index in [1.807, 2.05) is 121 Å². The second kappa shape index (κ2) is 34.2. The number of aromatic nitrogens is 15. The molecule has 0 aliphatic carbocycles. The van der Waals surface area contributed by atoms with Crippen molar-refractivity contribution in [3.8, 4) is 5.75 Å². The van der Waals surface area contributed by atoms with Crippen LogP contribution in [0.5, 0.6) is 5.75 Å². The van der Waals surface area contributed by atoms with Crippen molar-refractivity contribution in [2.75, 3.05) is 0 Å². The van der Waals surface area contributed by atoms with Crippen molar-refractivity contribution in [1.29, 1.82) is 0 Å². The average Bonchev–Trinajstić information content (AvgIpc) is 2.06. The zero-order chi connectivity index (χ0) is 66.9. The Hall–Kier alpha value is -11.9. The summed E-state index contributed by atoms with van der Waals surface area (Å²) in [5.41, 5.74) is 17.4. The fourth-order valence-corrected chi connectivity index (χ4v) is 12.7. The van der Waals surface area contributed by atoms with Gasteiger partial charge in [-0.15, -0.1) is 54.1 Å². The van der Waals surface area contributed by atoms with Crippen molar-refractivity contribution in [2.24, 2.45) is 0 Å². The van der Waals surface area contributed by atoms with Gasteiger partial charge in [0.2, 0.25) is 0 Å². The Morgan fingerprint density at radius 1 is 0.323 bits per heavy atom. The number of para-hydroxylation sites is 3. The molecule has 0 saturated carbocycles. The molecule has 0 radical (unpaired) electrons. The molecule has 16 nitrogen and oxygen atoms in total. The molecule has 0 bridgehead atoms. The first-order chi connectivity index (χ1) is 48.9. The molecule has 15 rings (SSSR count). The number of hydrogen-bond donors (Lipinski definition) is 3. The summed E-state index contributed by atoms with van der Waals surface area (Å²) >= 11 is 3.64. The summed E-state index contributed by atoms with van der Waals surface area (Å²) in [6.07, 6.45) is 17.6. The van der Waals surface area contributed by atoms with Crippen LogP contribution in [0.25, 0.3) is 69.2 Å². The number of fused-ring (bicyclic) bond motifs is 3. The van der Waals surface area contributed by atoms with Crippen LogP contribution in [0.2, 0.25) is 0 Å². The number of H-pyrrole nitrogens is 3. The zero-order valence-electron chi connectivity index (χ0n) is 54.2. The molecule has 99 heavy (non-hydrogen) atoms. The Kier molecular flexibility index (Phi) is 22.7. The summed E-state index contributed by atoms with van der Waals surface area (Å²) < 4.78 is 5.95. The number of nitrogens with one attached hydrogen (secondary N) is 3. The van der Waals surface area contributed by atoms with E-state index in [1.54, 1.807) is 0 Å². The number of rotatable bonds is 24. The summed E-state index contributed by atoms with van der Waals surface area (Å²) in [6, 6.07) is 88.8. The van der Waals surface area contributed by atoms with E-state index < -0.39 is 0 Å². The quantitative estimate of drug-likeness (QED) is 0.0480. The van der Waals surface area contributed by atoms with E-state index >= 15 is 0 Å². The molecular weight excluding hydrogens is 1260 g/mol. The van der Waals surface area contributed by atoms with E-state index in [4.69, 9.17) is 14.7 Å². The van der Waals surface area contributed by atoms with Crippen molar-refractivity contribution < 1.29 is 4.74 Å². The number of nitrogens with zero attached hydrogens (tertiary/aromatic N) is 12. The minimum Gasteiger partial charge on any atom is -0.487 e. The molecular formula is C81H69N15OS2. The summed E-state index contributed by atoms with van der Waals surface area (Å²) in [6.45, 7) is 0.460. The standard InChI is InChI=1S/C28H25N5O.C27H23N5S.C26H21N5S/c1-2-10-27-24(9-1)14-15-25(29-27)20-34-26-16-11-21(12-17-26)5-3-6-22-7-4-8-23(19-22)13-18-28-30-32-33-31-28;1-2-7-26-23(6-1)13-14-24(28-26)19-33-25-15-10-20(11-16-25)8-9-21-4-3-5-22(18-21)12-17-27-29-31-32-30-27;1-2-10-25-22(8-1)12-13-23(27-25)18-32-24-9-4-7-21(17-24)16-20-6-3-5-19(15-20)11-14-26-28-30-31-29-26/h1-2,4,7-19H,3,5-6,20H2,(H,30,31,32,33);1-7,10-18H,8-9,19H2,(H,29,30,31,32);1-15,17H,16,18H2,(H,28,29,30,31). The molecule has 0 fully saturated rings. The molecule has 0 atom stereocenters. The van der Waals surface area contributed by atoms with Crippen molar-refractivity contribution in [1.82, 2.24) is 76.8 Å². The van der Waals surface area contributed by atoms with Crippen LogP contribution in [-0.2, 0) is 50.2 Å². The van der Waals surface area contributed by atoms with E-state index in [0.29, 0.717) is 24.1 Å². The summed E-state index contributed by atoms with van der Waals surface area (Å²) in [5, 5.41) is 45.2. The van der Waals surface area contributed by atoms with Crippen LogP contribution in [-0.4, -0.2) is 76.8 Å². The SMILES string of the molecule is C(=Cc1nn[nH]n1)c1cccc(CCCc2ccc(OCc3ccc4ccccc4n3)cc2)c1.C(=Cc1nn[nH]n1)c1cccc(CCc2ccc(SCc3ccc4ccccc4n3)cc2)c1.C(=Cc1nn[nH]n1)c1cccc(Cc2cccc(SCc3ccc4ccccc4n3)c2)c1. The highest BCUT2D eigenvalue weighted by Crippen LogP contribution is 2.28. The second-order valence-corrected chi connectivity index (χ2v) is 25.5. The monoisotopic (exact) mass is 1330 g/mol. The smallest absolute Gasteiger partial charge is 0.197 e. The van der Waals surface area contributed by atoms with Gasteiger partial charge in [-0.1, -0.05) is 200 Å². The number of thioether (sulfide) groups is 2. The number of pyridine rings is 3. The summed E-state index contributed by atoms with van der Waals surface area (Å²) in [5.74, 6) is 4.31. The largest absolute Gasteiger partial charge is 0.487 e. The maximum atomic E-state index is 5.95. The van der Waals surface area contributed by atoms with Gasteiger partial charge in [0.1, 0.15) is 12.4 Å². The Morgan fingerprint density at radius 3 is 1.26 bits per heavy atom. The molecule has 0 spiro atoms. The van der Waals surface area contributed by atoms with Crippen molar-refractivity contribution in [3.05, 3.63) is 339 Å². The van der Waals surface area contributed by atoms with Gasteiger partial charge < -0.3 is 4.74 Å². The second-order valence-electron chi connectivity index (χ2n) is 23.4. The number of aromatic amines is 3. The zero-order valence-corrected chi connectivity index (χ0v) is 55.8. The normalized spacial score (nSPS) is 11.4. The van der Waals surface area contributed by atoms with Crippen LogP contribution in [0, 0.1) is 0 Å². The third-order valence-corrected chi connectivity index (χ3v) is 18.2. The number of benzene rings is 9. The highest BCUT2D eigenvalue weighted by Gasteiger charge is 2.08. The Morgan fingerprint density at radius 2 is 0.737 bits per heavy atom. The maximum Gasteiger partial charge on any atom is 0.197 e. The number of tetrazole rings is 3. The molecule has 486 valence electrons. The van der Waals surface area contributed by atoms with Crippen LogP contribution in [0.15, 0.2) is 265 Å². The lowest BCUT2D eigenvalue weighted by molar-refractivity contribution is 0.301. The fraction of sp³-hybridized carbons (Fsp3) is 0.111. The van der Waals surface area contributed by atoms with E-state index in [2.05, 4.69) is 261 Å². The van der Waals surface area contributed by atoms with Gasteiger partial charge in [0.05, 0.1) is 33.6 Å². The Balaban J connectivity index is 0.000000133. The highest BCUT2D eigenvalue weighted by molar-refractivity contribution is 7.98. The first-order valence-electron chi connectivity index (χ1n) is 32.7.